The fourth-order valence-electron chi connectivity index (χ4n) is 3.60. The van der Waals surface area contributed by atoms with Gasteiger partial charge < -0.3 is 10.2 Å². The van der Waals surface area contributed by atoms with E-state index in [1.165, 1.54) is 51.7 Å². The molecular weight excluding hydrogens is 222 g/mol. The summed E-state index contributed by atoms with van der Waals surface area (Å²) in [5.74, 6) is 0. The molecule has 3 unspecified atom stereocenters. The highest BCUT2D eigenvalue weighted by atomic mass is 15.3. The zero-order valence-electron chi connectivity index (χ0n) is 12.5. The highest BCUT2D eigenvalue weighted by Gasteiger charge is 2.31. The monoisotopic (exact) mass is 253 g/mol. The van der Waals surface area contributed by atoms with Gasteiger partial charge >= 0.3 is 0 Å². The van der Waals surface area contributed by atoms with E-state index in [4.69, 9.17) is 0 Å². The lowest BCUT2D eigenvalue weighted by molar-refractivity contribution is 0.0542. The molecule has 3 heteroatoms. The van der Waals surface area contributed by atoms with Gasteiger partial charge in [0.1, 0.15) is 0 Å². The Balaban J connectivity index is 1.98. The Morgan fingerprint density at radius 2 is 1.89 bits per heavy atom. The number of nitrogens with one attached hydrogen (secondary N) is 1. The van der Waals surface area contributed by atoms with Crippen LogP contribution in [-0.4, -0.2) is 61.2 Å². The van der Waals surface area contributed by atoms with Crippen molar-refractivity contribution >= 4 is 0 Å². The molecule has 1 saturated carbocycles. The zero-order valence-corrected chi connectivity index (χ0v) is 12.5. The van der Waals surface area contributed by atoms with Crippen LogP contribution < -0.4 is 5.32 Å². The SMILES string of the molecule is CCNC1CCCCCC1N1CCN(C)C(C)C1. The second kappa shape index (κ2) is 6.88. The van der Waals surface area contributed by atoms with Gasteiger partial charge in [0.25, 0.3) is 0 Å². The van der Waals surface area contributed by atoms with Crippen LogP contribution in [0.15, 0.2) is 0 Å². The van der Waals surface area contributed by atoms with Crippen LogP contribution in [0.1, 0.15) is 46.0 Å². The van der Waals surface area contributed by atoms with Crippen LogP contribution in [0.2, 0.25) is 0 Å². The lowest BCUT2D eigenvalue weighted by atomic mass is 9.99. The Hall–Kier alpha value is -0.120. The largest absolute Gasteiger partial charge is 0.313 e. The summed E-state index contributed by atoms with van der Waals surface area (Å²) in [5, 5.41) is 3.74. The molecule has 2 aliphatic rings. The van der Waals surface area contributed by atoms with Gasteiger partial charge in [-0.1, -0.05) is 26.2 Å². The Bertz CT molecular complexity index is 244. The molecule has 18 heavy (non-hydrogen) atoms. The summed E-state index contributed by atoms with van der Waals surface area (Å²) in [5.41, 5.74) is 0. The molecule has 0 aromatic rings. The summed E-state index contributed by atoms with van der Waals surface area (Å²) >= 11 is 0. The highest BCUT2D eigenvalue weighted by molar-refractivity contribution is 4.90. The maximum absolute atomic E-state index is 3.74. The smallest absolute Gasteiger partial charge is 0.0250 e. The first-order valence-electron chi connectivity index (χ1n) is 7.90. The molecule has 1 heterocycles. The van der Waals surface area contributed by atoms with Gasteiger partial charge in [0.2, 0.25) is 0 Å². The molecule has 0 aromatic heterocycles. The average Bonchev–Trinajstić information content (AvgIpc) is 2.59. The summed E-state index contributed by atoms with van der Waals surface area (Å²) in [7, 11) is 2.26. The van der Waals surface area contributed by atoms with Crippen molar-refractivity contribution in [2.45, 2.75) is 64.1 Å². The Kier molecular flexibility index (Phi) is 5.46. The lowest BCUT2D eigenvalue weighted by Crippen LogP contribution is -2.58. The average molecular weight is 253 g/mol. The predicted molar refractivity (Wildman–Crippen MR) is 78.0 cm³/mol. The normalized spacial score (nSPS) is 36.5. The maximum Gasteiger partial charge on any atom is 0.0250 e. The van der Waals surface area contributed by atoms with Gasteiger partial charge in [-0.2, -0.15) is 0 Å². The van der Waals surface area contributed by atoms with Crippen LogP contribution in [-0.2, 0) is 0 Å². The van der Waals surface area contributed by atoms with Gasteiger partial charge in [-0.25, -0.2) is 0 Å². The van der Waals surface area contributed by atoms with Gasteiger partial charge in [-0.3, -0.25) is 4.90 Å². The van der Waals surface area contributed by atoms with Crippen molar-refractivity contribution in [2.24, 2.45) is 0 Å². The fraction of sp³-hybridized carbons (Fsp3) is 1.00. The minimum atomic E-state index is 0.712. The molecule has 0 radical (unpaired) electrons. The number of hydrogen-bond acceptors (Lipinski definition) is 3. The topological polar surface area (TPSA) is 18.5 Å². The van der Waals surface area contributed by atoms with Gasteiger partial charge in [-0.05, 0) is 33.4 Å². The van der Waals surface area contributed by atoms with E-state index in [-0.39, 0.29) is 0 Å². The third-order valence-corrected chi connectivity index (χ3v) is 4.91. The maximum atomic E-state index is 3.74. The van der Waals surface area contributed by atoms with E-state index in [1.54, 1.807) is 0 Å². The molecular formula is C15H31N3. The summed E-state index contributed by atoms with van der Waals surface area (Å²) < 4.78 is 0. The van der Waals surface area contributed by atoms with Crippen molar-refractivity contribution < 1.29 is 0 Å². The lowest BCUT2D eigenvalue weighted by Gasteiger charge is -2.44. The second-order valence-corrected chi connectivity index (χ2v) is 6.19. The number of nitrogens with zero attached hydrogens (tertiary/aromatic N) is 2. The van der Waals surface area contributed by atoms with Crippen molar-refractivity contribution in [3.05, 3.63) is 0 Å². The quantitative estimate of drug-likeness (QED) is 0.776. The van der Waals surface area contributed by atoms with E-state index < -0.39 is 0 Å². The molecule has 0 aromatic carbocycles. The summed E-state index contributed by atoms with van der Waals surface area (Å²) in [4.78, 5) is 5.26. The zero-order chi connectivity index (χ0) is 13.0. The van der Waals surface area contributed by atoms with Gasteiger partial charge in [0.05, 0.1) is 0 Å². The van der Waals surface area contributed by atoms with Crippen LogP contribution in [0, 0.1) is 0 Å². The standard InChI is InChI=1S/C15H31N3/c1-4-16-14-8-6-5-7-9-15(14)18-11-10-17(3)13(2)12-18/h13-16H,4-12H2,1-3H3. The summed E-state index contributed by atoms with van der Waals surface area (Å²) in [6.45, 7) is 9.47. The number of rotatable bonds is 3. The first-order chi connectivity index (χ1) is 8.72. The third-order valence-electron chi connectivity index (χ3n) is 4.91. The van der Waals surface area contributed by atoms with Crippen LogP contribution in [0.4, 0.5) is 0 Å². The van der Waals surface area contributed by atoms with Gasteiger partial charge in [0, 0.05) is 37.8 Å². The molecule has 3 atom stereocenters. The molecule has 1 aliphatic carbocycles. The molecule has 2 fully saturated rings. The van der Waals surface area contributed by atoms with Crippen molar-refractivity contribution in [3.8, 4) is 0 Å². The van der Waals surface area contributed by atoms with Crippen molar-refractivity contribution in [1.29, 1.82) is 0 Å². The molecule has 0 amide bonds. The molecule has 1 aliphatic heterocycles. The van der Waals surface area contributed by atoms with Crippen LogP contribution in [0.5, 0.6) is 0 Å². The van der Waals surface area contributed by atoms with Crippen LogP contribution in [0.3, 0.4) is 0 Å². The molecule has 0 bridgehead atoms. The molecule has 106 valence electrons. The molecule has 1 N–H and O–H groups in total. The second-order valence-electron chi connectivity index (χ2n) is 6.19. The van der Waals surface area contributed by atoms with E-state index >= 15 is 0 Å². The summed E-state index contributed by atoms with van der Waals surface area (Å²) in [6.07, 6.45) is 7.04. The van der Waals surface area contributed by atoms with E-state index in [9.17, 15) is 0 Å². The number of piperazine rings is 1. The van der Waals surface area contributed by atoms with Crippen molar-refractivity contribution in [1.82, 2.24) is 15.1 Å². The molecule has 0 spiro atoms. The Morgan fingerprint density at radius 3 is 2.61 bits per heavy atom. The first-order valence-corrected chi connectivity index (χ1v) is 7.90. The van der Waals surface area contributed by atoms with Crippen molar-refractivity contribution in [2.75, 3.05) is 33.2 Å². The fourth-order valence-corrected chi connectivity index (χ4v) is 3.60. The number of likely N-dealkylation sites (N-methyl/N-ethyl adjacent to an activating group) is 2. The number of hydrogen-bond donors (Lipinski definition) is 1. The van der Waals surface area contributed by atoms with E-state index in [0.29, 0.717) is 6.04 Å². The van der Waals surface area contributed by atoms with E-state index in [0.717, 1.165) is 18.6 Å². The van der Waals surface area contributed by atoms with Crippen molar-refractivity contribution in [3.63, 3.8) is 0 Å². The minimum Gasteiger partial charge on any atom is -0.313 e. The Labute approximate surface area is 113 Å². The van der Waals surface area contributed by atoms with E-state index in [1.807, 2.05) is 0 Å². The Morgan fingerprint density at radius 1 is 1.11 bits per heavy atom. The molecule has 2 rings (SSSR count). The van der Waals surface area contributed by atoms with Crippen LogP contribution in [0.25, 0.3) is 0 Å². The first kappa shape index (κ1) is 14.3. The molecule has 3 nitrogen and oxygen atoms in total. The van der Waals surface area contributed by atoms with Crippen LogP contribution >= 0.6 is 0 Å². The predicted octanol–water partition coefficient (Wildman–Crippen LogP) is 1.93. The van der Waals surface area contributed by atoms with Gasteiger partial charge in [0.15, 0.2) is 0 Å². The highest BCUT2D eigenvalue weighted by Crippen LogP contribution is 2.24. The third kappa shape index (κ3) is 3.46. The van der Waals surface area contributed by atoms with E-state index in [2.05, 4.69) is 36.0 Å². The summed E-state index contributed by atoms with van der Waals surface area (Å²) in [6, 6.07) is 2.22. The van der Waals surface area contributed by atoms with Gasteiger partial charge in [-0.15, -0.1) is 0 Å². The molecule has 1 saturated heterocycles. The minimum absolute atomic E-state index is 0.712.